The highest BCUT2D eigenvalue weighted by molar-refractivity contribution is 9.10. The van der Waals surface area contributed by atoms with E-state index in [9.17, 15) is 9.59 Å². The van der Waals surface area contributed by atoms with E-state index < -0.39 is 5.54 Å². The first-order valence-electron chi connectivity index (χ1n) is 13.4. The summed E-state index contributed by atoms with van der Waals surface area (Å²) in [5.41, 5.74) is 3.37. The molecule has 0 unspecified atom stereocenters. The van der Waals surface area contributed by atoms with Crippen LogP contribution in [0, 0.1) is 0 Å². The first-order valence-corrected chi connectivity index (χ1v) is 14.2. The molecule has 0 radical (unpaired) electrons. The van der Waals surface area contributed by atoms with Crippen LogP contribution in [-0.4, -0.2) is 50.4 Å². The molecule has 0 aliphatic carbocycles. The van der Waals surface area contributed by atoms with E-state index in [1.807, 2.05) is 83.4 Å². The topological polar surface area (TPSA) is 53.7 Å². The molecule has 2 fully saturated rings. The molecule has 0 saturated carbocycles. The molecule has 3 aromatic carbocycles. The van der Waals surface area contributed by atoms with Crippen molar-refractivity contribution in [2.45, 2.75) is 31.5 Å². The number of carbonyl (C=O) groups excluding carboxylic acids is 1. The van der Waals surface area contributed by atoms with Gasteiger partial charge in [0.1, 0.15) is 10.0 Å². The summed E-state index contributed by atoms with van der Waals surface area (Å²) in [5.74, 6) is 0.207. The van der Waals surface area contributed by atoms with Gasteiger partial charge in [-0.15, -0.1) is 0 Å². The number of benzene rings is 3. The number of likely N-dealkylation sites (tertiary alicyclic amines) is 1. The first-order chi connectivity index (χ1) is 19.0. The van der Waals surface area contributed by atoms with Crippen molar-refractivity contribution < 1.29 is 4.79 Å². The molecular weight excluding hydrogens is 554 g/mol. The molecule has 2 aliphatic heterocycles. The Bertz CT molecular complexity index is 1510. The quantitative estimate of drug-likeness (QED) is 0.327. The largest absolute Gasteiger partial charge is 0.339 e. The lowest BCUT2D eigenvalue weighted by Gasteiger charge is -2.43. The number of aromatic nitrogens is 2. The van der Waals surface area contributed by atoms with Crippen LogP contribution in [0.15, 0.2) is 100 Å². The number of rotatable bonds is 6. The van der Waals surface area contributed by atoms with E-state index in [-0.39, 0.29) is 11.5 Å². The lowest BCUT2D eigenvalue weighted by atomic mass is 9.85. The Balaban J connectivity index is 1.24. The smallest absolute Gasteiger partial charge is 0.286 e. The maximum absolute atomic E-state index is 14.1. The van der Waals surface area contributed by atoms with E-state index in [4.69, 9.17) is 0 Å². The summed E-state index contributed by atoms with van der Waals surface area (Å²) in [6.07, 6.45) is 1.47. The van der Waals surface area contributed by atoms with Crippen molar-refractivity contribution in [2.75, 3.05) is 24.7 Å². The standard InChI is InChI=1S/C31H32BrN5O2/c1-33-27(28(32)29(38)37(33)26-15-9-4-10-16-26)22-34-19-17-31(18-20-34)30(39)35(21-24-11-5-2-6-12-24)23-36(31)25-13-7-3-8-14-25/h2-16H,17-23H2,1H3. The third-order valence-electron chi connectivity index (χ3n) is 8.18. The first kappa shape index (κ1) is 25.6. The average Bonchev–Trinajstić information content (AvgIpc) is 3.35. The Hall–Kier alpha value is -3.62. The van der Waals surface area contributed by atoms with E-state index in [2.05, 4.69) is 50.0 Å². The number of hydrogen-bond acceptors (Lipinski definition) is 4. The summed E-state index contributed by atoms with van der Waals surface area (Å²) in [6, 6.07) is 30.2. The third-order valence-corrected chi connectivity index (χ3v) is 8.98. The second kappa shape index (κ2) is 10.5. The highest BCUT2D eigenvalue weighted by Crippen LogP contribution is 2.40. The van der Waals surface area contributed by atoms with Gasteiger partial charge in [-0.3, -0.25) is 19.2 Å². The van der Waals surface area contributed by atoms with Crippen molar-refractivity contribution in [3.8, 4) is 5.69 Å². The fourth-order valence-electron chi connectivity index (χ4n) is 6.07. The Morgan fingerprint density at radius 3 is 1.95 bits per heavy atom. The molecule has 1 aromatic heterocycles. The SMILES string of the molecule is Cn1c(CN2CCC3(CC2)C(=O)N(Cc2ccccc2)CN3c2ccccc2)c(Br)c(=O)n1-c1ccccc1. The minimum atomic E-state index is -0.564. The molecule has 0 N–H and O–H groups in total. The fraction of sp³-hybridized carbons (Fsp3) is 0.290. The Kier molecular flexibility index (Phi) is 6.91. The zero-order valence-electron chi connectivity index (χ0n) is 22.0. The van der Waals surface area contributed by atoms with Gasteiger partial charge in [0.2, 0.25) is 5.91 Å². The van der Waals surface area contributed by atoms with Gasteiger partial charge >= 0.3 is 0 Å². The third kappa shape index (κ3) is 4.61. The number of halogens is 1. The second-order valence-electron chi connectivity index (χ2n) is 10.4. The van der Waals surface area contributed by atoms with Gasteiger partial charge in [-0.25, -0.2) is 4.68 Å². The van der Waals surface area contributed by atoms with Crippen molar-refractivity contribution >= 4 is 27.5 Å². The maximum Gasteiger partial charge on any atom is 0.286 e. The summed E-state index contributed by atoms with van der Waals surface area (Å²) in [5, 5.41) is 0. The number of para-hydroxylation sites is 2. The molecule has 2 aliphatic rings. The van der Waals surface area contributed by atoms with Crippen molar-refractivity contribution in [3.05, 3.63) is 117 Å². The van der Waals surface area contributed by atoms with Gasteiger partial charge in [0.05, 0.1) is 18.1 Å². The Morgan fingerprint density at radius 1 is 0.769 bits per heavy atom. The normalized spacial score (nSPS) is 17.3. The molecule has 39 heavy (non-hydrogen) atoms. The summed E-state index contributed by atoms with van der Waals surface area (Å²) in [6.45, 7) is 3.36. The van der Waals surface area contributed by atoms with Crippen LogP contribution >= 0.6 is 15.9 Å². The van der Waals surface area contributed by atoms with Gasteiger partial charge in [0, 0.05) is 38.9 Å². The molecule has 1 amide bonds. The Labute approximate surface area is 237 Å². The molecule has 0 atom stereocenters. The molecule has 2 saturated heterocycles. The van der Waals surface area contributed by atoms with Gasteiger partial charge in [-0.05, 0) is 58.6 Å². The van der Waals surface area contributed by atoms with Gasteiger partial charge < -0.3 is 9.80 Å². The number of piperidine rings is 1. The van der Waals surface area contributed by atoms with Crippen LogP contribution in [0.2, 0.25) is 0 Å². The van der Waals surface area contributed by atoms with Crippen LogP contribution in [0.5, 0.6) is 0 Å². The lowest BCUT2D eigenvalue weighted by molar-refractivity contribution is -0.134. The Morgan fingerprint density at radius 2 is 1.33 bits per heavy atom. The molecule has 200 valence electrons. The minimum Gasteiger partial charge on any atom is -0.339 e. The predicted molar refractivity (Wildman–Crippen MR) is 157 cm³/mol. The average molecular weight is 587 g/mol. The van der Waals surface area contributed by atoms with E-state index in [0.717, 1.165) is 48.6 Å². The van der Waals surface area contributed by atoms with E-state index >= 15 is 0 Å². The van der Waals surface area contributed by atoms with Gasteiger partial charge in [-0.1, -0.05) is 66.7 Å². The van der Waals surface area contributed by atoms with Crippen LogP contribution in [-0.2, 0) is 24.9 Å². The fourth-order valence-corrected chi connectivity index (χ4v) is 6.62. The number of carbonyl (C=O) groups is 1. The van der Waals surface area contributed by atoms with E-state index in [0.29, 0.717) is 24.2 Å². The minimum absolute atomic E-state index is 0.0649. The van der Waals surface area contributed by atoms with Gasteiger partial charge in [-0.2, -0.15) is 0 Å². The lowest BCUT2D eigenvalue weighted by Crippen LogP contribution is -2.56. The molecular formula is C31H32BrN5O2. The number of amides is 1. The molecule has 8 heteroatoms. The molecule has 1 spiro atoms. The van der Waals surface area contributed by atoms with Crippen LogP contribution in [0.1, 0.15) is 24.1 Å². The number of anilines is 1. The number of hydrogen-bond donors (Lipinski definition) is 0. The highest BCUT2D eigenvalue weighted by atomic mass is 79.9. The van der Waals surface area contributed by atoms with E-state index in [1.54, 1.807) is 4.68 Å². The van der Waals surface area contributed by atoms with Crippen molar-refractivity contribution in [1.82, 2.24) is 19.2 Å². The summed E-state index contributed by atoms with van der Waals surface area (Å²) in [7, 11) is 1.93. The zero-order chi connectivity index (χ0) is 27.0. The van der Waals surface area contributed by atoms with Crippen LogP contribution in [0.25, 0.3) is 5.69 Å². The second-order valence-corrected chi connectivity index (χ2v) is 11.2. The van der Waals surface area contributed by atoms with Crippen LogP contribution in [0.4, 0.5) is 5.69 Å². The molecule has 6 rings (SSSR count). The summed E-state index contributed by atoms with van der Waals surface area (Å²) < 4.78 is 4.22. The number of nitrogens with zero attached hydrogens (tertiary/aromatic N) is 5. The van der Waals surface area contributed by atoms with E-state index in [1.165, 1.54) is 0 Å². The monoisotopic (exact) mass is 585 g/mol. The van der Waals surface area contributed by atoms with Crippen molar-refractivity contribution in [2.24, 2.45) is 7.05 Å². The summed E-state index contributed by atoms with van der Waals surface area (Å²) in [4.78, 5) is 33.8. The summed E-state index contributed by atoms with van der Waals surface area (Å²) >= 11 is 3.57. The van der Waals surface area contributed by atoms with Gasteiger partial charge in [0.15, 0.2) is 0 Å². The van der Waals surface area contributed by atoms with Crippen LogP contribution < -0.4 is 10.5 Å². The molecule has 3 heterocycles. The van der Waals surface area contributed by atoms with Crippen molar-refractivity contribution in [3.63, 3.8) is 0 Å². The zero-order valence-corrected chi connectivity index (χ0v) is 23.6. The predicted octanol–water partition coefficient (Wildman–Crippen LogP) is 4.78. The highest BCUT2D eigenvalue weighted by Gasteiger charge is 2.53. The van der Waals surface area contributed by atoms with Crippen LogP contribution in [0.3, 0.4) is 0 Å². The maximum atomic E-state index is 14.1. The van der Waals surface area contributed by atoms with Crippen molar-refractivity contribution in [1.29, 1.82) is 0 Å². The van der Waals surface area contributed by atoms with Gasteiger partial charge in [0.25, 0.3) is 5.56 Å². The molecule has 7 nitrogen and oxygen atoms in total. The molecule has 4 aromatic rings. The molecule has 0 bridgehead atoms.